The second kappa shape index (κ2) is 4.93. The summed E-state index contributed by atoms with van der Waals surface area (Å²) in [5.74, 6) is 0.170. The normalized spacial score (nSPS) is 11.7. The SMILES string of the molecule is CS(=O)(=O)C(c1ccc(O)cc1)c1ccc(O)cc1. The number of benzene rings is 2. The van der Waals surface area contributed by atoms with Gasteiger partial charge in [0.05, 0.1) is 0 Å². The molecular formula is C14H14O4S. The topological polar surface area (TPSA) is 74.6 Å². The average molecular weight is 278 g/mol. The fraction of sp³-hybridized carbons (Fsp3) is 0.143. The van der Waals surface area contributed by atoms with Crippen molar-refractivity contribution >= 4 is 9.84 Å². The van der Waals surface area contributed by atoms with E-state index < -0.39 is 15.1 Å². The zero-order chi connectivity index (χ0) is 14.0. The molecule has 2 rings (SSSR count). The smallest absolute Gasteiger partial charge is 0.158 e. The van der Waals surface area contributed by atoms with Crippen LogP contribution in [0.3, 0.4) is 0 Å². The van der Waals surface area contributed by atoms with Crippen molar-refractivity contribution in [1.82, 2.24) is 0 Å². The molecule has 0 aliphatic carbocycles. The van der Waals surface area contributed by atoms with Gasteiger partial charge in [0.25, 0.3) is 0 Å². The van der Waals surface area contributed by atoms with Crippen LogP contribution in [0, 0.1) is 0 Å². The van der Waals surface area contributed by atoms with Gasteiger partial charge < -0.3 is 10.2 Å². The Bertz CT molecular complexity index is 612. The highest BCUT2D eigenvalue weighted by Crippen LogP contribution is 2.31. The molecule has 5 heteroatoms. The molecule has 0 saturated heterocycles. The van der Waals surface area contributed by atoms with E-state index in [0.717, 1.165) is 6.26 Å². The molecule has 4 nitrogen and oxygen atoms in total. The number of sulfone groups is 1. The Morgan fingerprint density at radius 2 is 1.11 bits per heavy atom. The Hall–Kier alpha value is -2.01. The summed E-state index contributed by atoms with van der Waals surface area (Å²) in [4.78, 5) is 0. The Labute approximate surface area is 111 Å². The molecule has 2 N–H and O–H groups in total. The van der Waals surface area contributed by atoms with Gasteiger partial charge in [-0.25, -0.2) is 8.42 Å². The third-order valence-electron chi connectivity index (χ3n) is 2.82. The van der Waals surface area contributed by atoms with Crippen LogP contribution in [0.1, 0.15) is 16.4 Å². The maximum absolute atomic E-state index is 12.0. The Morgan fingerprint density at radius 3 is 1.37 bits per heavy atom. The van der Waals surface area contributed by atoms with E-state index in [1.54, 1.807) is 24.3 Å². The van der Waals surface area contributed by atoms with E-state index >= 15 is 0 Å². The van der Waals surface area contributed by atoms with Crippen LogP contribution in [0.5, 0.6) is 11.5 Å². The van der Waals surface area contributed by atoms with E-state index in [4.69, 9.17) is 0 Å². The number of hydrogen-bond acceptors (Lipinski definition) is 4. The zero-order valence-corrected chi connectivity index (χ0v) is 11.1. The second-order valence-electron chi connectivity index (χ2n) is 4.39. The zero-order valence-electron chi connectivity index (χ0n) is 10.3. The van der Waals surface area contributed by atoms with Gasteiger partial charge in [0, 0.05) is 6.26 Å². The van der Waals surface area contributed by atoms with Gasteiger partial charge in [0.15, 0.2) is 9.84 Å². The predicted molar refractivity (Wildman–Crippen MR) is 72.9 cm³/mol. The summed E-state index contributed by atoms with van der Waals surface area (Å²) in [5, 5.41) is 17.7. The van der Waals surface area contributed by atoms with Crippen LogP contribution in [0.25, 0.3) is 0 Å². The van der Waals surface area contributed by atoms with Gasteiger partial charge in [-0.2, -0.15) is 0 Å². The Morgan fingerprint density at radius 1 is 0.789 bits per heavy atom. The summed E-state index contributed by atoms with van der Waals surface area (Å²) in [7, 11) is -3.36. The van der Waals surface area contributed by atoms with Crippen molar-refractivity contribution in [3.8, 4) is 11.5 Å². The largest absolute Gasteiger partial charge is 0.508 e. The first-order valence-electron chi connectivity index (χ1n) is 5.64. The quantitative estimate of drug-likeness (QED) is 0.903. The standard InChI is InChI=1S/C14H14O4S/c1-19(17,18)14(10-2-6-12(15)7-3-10)11-4-8-13(16)9-5-11/h2-9,14-16H,1H3. The van der Waals surface area contributed by atoms with Gasteiger partial charge in [-0.3, -0.25) is 0 Å². The van der Waals surface area contributed by atoms with Crippen LogP contribution >= 0.6 is 0 Å². The van der Waals surface area contributed by atoms with Gasteiger partial charge >= 0.3 is 0 Å². The van der Waals surface area contributed by atoms with Gasteiger partial charge in [-0.05, 0) is 35.4 Å². The molecule has 0 fully saturated rings. The number of rotatable bonds is 3. The number of phenolic OH excluding ortho intramolecular Hbond substituents is 2. The summed E-state index contributed by atoms with van der Waals surface area (Å²) in [5.41, 5.74) is 1.15. The van der Waals surface area contributed by atoms with Crippen LogP contribution in [-0.4, -0.2) is 24.9 Å². The molecule has 0 aliphatic heterocycles. The lowest BCUT2D eigenvalue weighted by Gasteiger charge is -2.16. The molecule has 0 atom stereocenters. The third-order valence-corrected chi connectivity index (χ3v) is 4.22. The first kappa shape index (κ1) is 13.4. The van der Waals surface area contributed by atoms with Crippen LogP contribution in [0.4, 0.5) is 0 Å². The molecule has 100 valence electrons. The molecule has 0 bridgehead atoms. The van der Waals surface area contributed by atoms with E-state index in [0.29, 0.717) is 11.1 Å². The van der Waals surface area contributed by atoms with Crippen molar-refractivity contribution in [2.24, 2.45) is 0 Å². The molecule has 0 aliphatic rings. The van der Waals surface area contributed by atoms with Crippen LogP contribution in [0.15, 0.2) is 48.5 Å². The molecule has 0 spiro atoms. The second-order valence-corrected chi connectivity index (χ2v) is 6.52. The number of hydrogen-bond donors (Lipinski definition) is 2. The van der Waals surface area contributed by atoms with Gasteiger partial charge in [0.2, 0.25) is 0 Å². The maximum atomic E-state index is 12.0. The summed E-state index contributed by atoms with van der Waals surface area (Å²) >= 11 is 0. The van der Waals surface area contributed by atoms with Gasteiger partial charge in [-0.15, -0.1) is 0 Å². The monoisotopic (exact) mass is 278 g/mol. The molecule has 0 aromatic heterocycles. The predicted octanol–water partition coefficient (Wildman–Crippen LogP) is 2.23. The van der Waals surface area contributed by atoms with Crippen molar-refractivity contribution in [2.45, 2.75) is 5.25 Å². The Balaban J connectivity index is 2.54. The molecule has 0 saturated carbocycles. The van der Waals surface area contributed by atoms with Crippen molar-refractivity contribution in [3.63, 3.8) is 0 Å². The first-order valence-corrected chi connectivity index (χ1v) is 7.60. The minimum absolute atomic E-state index is 0.0849. The fourth-order valence-electron chi connectivity index (χ4n) is 1.99. The molecule has 2 aromatic carbocycles. The molecule has 2 aromatic rings. The van der Waals surface area contributed by atoms with Crippen LogP contribution in [0.2, 0.25) is 0 Å². The molecule has 0 radical (unpaired) electrons. The fourth-order valence-corrected chi connectivity index (χ4v) is 3.29. The van der Waals surface area contributed by atoms with Crippen molar-refractivity contribution in [1.29, 1.82) is 0 Å². The minimum Gasteiger partial charge on any atom is -0.508 e. The lowest BCUT2D eigenvalue weighted by molar-refractivity contribution is 0.475. The molecule has 0 unspecified atom stereocenters. The van der Waals surface area contributed by atoms with E-state index in [-0.39, 0.29) is 11.5 Å². The van der Waals surface area contributed by atoms with E-state index in [1.165, 1.54) is 24.3 Å². The lowest BCUT2D eigenvalue weighted by Crippen LogP contribution is -2.12. The molecular weight excluding hydrogens is 264 g/mol. The highest BCUT2D eigenvalue weighted by Gasteiger charge is 2.24. The molecule has 0 amide bonds. The summed E-state index contributed by atoms with van der Waals surface area (Å²) in [6.07, 6.45) is 1.16. The van der Waals surface area contributed by atoms with Crippen molar-refractivity contribution in [2.75, 3.05) is 6.26 Å². The van der Waals surface area contributed by atoms with E-state index in [2.05, 4.69) is 0 Å². The van der Waals surface area contributed by atoms with Crippen LogP contribution in [-0.2, 0) is 9.84 Å². The molecule has 0 heterocycles. The summed E-state index contributed by atoms with van der Waals surface area (Å²) in [6, 6.07) is 12.1. The highest BCUT2D eigenvalue weighted by atomic mass is 32.2. The minimum atomic E-state index is -3.36. The summed E-state index contributed by atoms with van der Waals surface area (Å²) in [6.45, 7) is 0. The summed E-state index contributed by atoms with van der Waals surface area (Å²) < 4.78 is 24.0. The van der Waals surface area contributed by atoms with Gasteiger partial charge in [-0.1, -0.05) is 24.3 Å². The van der Waals surface area contributed by atoms with Crippen LogP contribution < -0.4 is 0 Å². The first-order chi connectivity index (χ1) is 8.88. The highest BCUT2D eigenvalue weighted by molar-refractivity contribution is 7.91. The average Bonchev–Trinajstić information content (AvgIpc) is 2.33. The number of phenols is 2. The van der Waals surface area contributed by atoms with Gasteiger partial charge in [0.1, 0.15) is 16.7 Å². The maximum Gasteiger partial charge on any atom is 0.158 e. The van der Waals surface area contributed by atoms with E-state index in [1.807, 2.05) is 0 Å². The lowest BCUT2D eigenvalue weighted by atomic mass is 10.0. The number of aromatic hydroxyl groups is 2. The molecule has 19 heavy (non-hydrogen) atoms. The Kier molecular flexibility index (Phi) is 3.48. The third kappa shape index (κ3) is 3.06. The van der Waals surface area contributed by atoms with E-state index in [9.17, 15) is 18.6 Å². The van der Waals surface area contributed by atoms with Crippen molar-refractivity contribution < 1.29 is 18.6 Å². The van der Waals surface area contributed by atoms with Crippen molar-refractivity contribution in [3.05, 3.63) is 59.7 Å².